The Morgan fingerprint density at radius 1 is 1.35 bits per heavy atom. The molecule has 96 valence electrons. The van der Waals surface area contributed by atoms with E-state index in [0.29, 0.717) is 25.2 Å². The van der Waals surface area contributed by atoms with Crippen LogP contribution in [0.5, 0.6) is 0 Å². The molecule has 3 saturated carbocycles. The molecule has 3 atom stereocenters. The van der Waals surface area contributed by atoms with Crippen molar-refractivity contribution >= 4 is 16.0 Å². The molecule has 17 heavy (non-hydrogen) atoms. The zero-order valence-electron chi connectivity index (χ0n) is 9.77. The Balaban J connectivity index is 1.94. The smallest absolute Gasteiger partial charge is 0.325 e. The van der Waals surface area contributed by atoms with Crippen molar-refractivity contribution in [1.82, 2.24) is 4.72 Å². The van der Waals surface area contributed by atoms with Crippen LogP contribution in [0, 0.1) is 11.3 Å². The average Bonchev–Trinajstić information content (AvgIpc) is 3.07. The van der Waals surface area contributed by atoms with Gasteiger partial charge in [-0.2, -0.15) is 4.72 Å². The van der Waals surface area contributed by atoms with Gasteiger partial charge in [-0.1, -0.05) is 6.92 Å². The monoisotopic (exact) mass is 259 g/mol. The van der Waals surface area contributed by atoms with Gasteiger partial charge in [-0.3, -0.25) is 4.79 Å². The van der Waals surface area contributed by atoms with E-state index >= 15 is 0 Å². The first-order valence-electron chi connectivity index (χ1n) is 6.08. The number of hydrogen-bond donors (Lipinski definition) is 2. The van der Waals surface area contributed by atoms with E-state index in [2.05, 4.69) is 4.72 Å². The van der Waals surface area contributed by atoms with Gasteiger partial charge in [0.1, 0.15) is 5.54 Å². The lowest BCUT2D eigenvalue weighted by Gasteiger charge is -2.33. The first kappa shape index (κ1) is 11.5. The normalized spacial score (nSPS) is 44.4. The molecule has 0 amide bonds. The Morgan fingerprint density at radius 2 is 2.00 bits per heavy atom. The van der Waals surface area contributed by atoms with Crippen LogP contribution in [-0.2, 0) is 14.8 Å². The molecule has 0 bridgehead atoms. The third-order valence-corrected chi connectivity index (χ3v) is 6.88. The van der Waals surface area contributed by atoms with Crippen LogP contribution >= 0.6 is 0 Å². The number of carboxylic acid groups (broad SMARTS) is 1. The van der Waals surface area contributed by atoms with Crippen LogP contribution in [0.15, 0.2) is 0 Å². The maximum Gasteiger partial charge on any atom is 0.325 e. The first-order valence-corrected chi connectivity index (χ1v) is 7.63. The van der Waals surface area contributed by atoms with E-state index < -0.39 is 21.5 Å². The van der Waals surface area contributed by atoms with E-state index in [0.717, 1.165) is 12.8 Å². The van der Waals surface area contributed by atoms with Crippen molar-refractivity contribution in [3.63, 3.8) is 0 Å². The van der Waals surface area contributed by atoms with E-state index in [-0.39, 0.29) is 10.7 Å². The standard InChI is InChI=1S/C11H17NO4S/c1-10-6-7(10)4-5-11(10,9(13)14)12-17(15,16)8-2-3-8/h7-8,12H,2-6H2,1H3,(H,13,14). The van der Waals surface area contributed by atoms with Crippen LogP contribution in [0.3, 0.4) is 0 Å². The predicted molar refractivity (Wildman–Crippen MR) is 60.9 cm³/mol. The van der Waals surface area contributed by atoms with Crippen LogP contribution in [0.4, 0.5) is 0 Å². The Bertz CT molecular complexity index is 482. The minimum absolute atomic E-state index is 0.361. The summed E-state index contributed by atoms with van der Waals surface area (Å²) < 4.78 is 26.5. The third kappa shape index (κ3) is 1.40. The zero-order valence-corrected chi connectivity index (χ0v) is 10.6. The SMILES string of the molecule is CC12CC1CCC2(NS(=O)(=O)C1CC1)C(=O)O. The van der Waals surface area contributed by atoms with Crippen molar-refractivity contribution < 1.29 is 18.3 Å². The second-order valence-electron chi connectivity index (χ2n) is 5.91. The number of carbonyl (C=O) groups is 1. The molecule has 0 saturated heterocycles. The molecule has 0 aliphatic heterocycles. The van der Waals surface area contributed by atoms with Gasteiger partial charge in [0, 0.05) is 5.41 Å². The fraction of sp³-hybridized carbons (Fsp3) is 0.909. The molecule has 0 aromatic rings. The van der Waals surface area contributed by atoms with Crippen LogP contribution in [0.2, 0.25) is 0 Å². The van der Waals surface area contributed by atoms with Crippen molar-refractivity contribution in [3.8, 4) is 0 Å². The largest absolute Gasteiger partial charge is 0.480 e. The Kier molecular flexibility index (Phi) is 2.05. The van der Waals surface area contributed by atoms with Gasteiger partial charge in [0.2, 0.25) is 10.0 Å². The summed E-state index contributed by atoms with van der Waals surface area (Å²) in [7, 11) is -3.45. The number of carboxylic acids is 1. The molecule has 2 N–H and O–H groups in total. The number of aliphatic carboxylic acids is 1. The fourth-order valence-electron chi connectivity index (χ4n) is 3.34. The quantitative estimate of drug-likeness (QED) is 0.779. The highest BCUT2D eigenvalue weighted by Crippen LogP contribution is 2.68. The van der Waals surface area contributed by atoms with Crippen molar-refractivity contribution in [2.75, 3.05) is 0 Å². The molecule has 0 heterocycles. The number of nitrogens with one attached hydrogen (secondary N) is 1. The highest BCUT2D eigenvalue weighted by atomic mass is 32.2. The fourth-order valence-corrected chi connectivity index (χ4v) is 5.17. The topological polar surface area (TPSA) is 83.5 Å². The number of fused-ring (bicyclic) bond motifs is 1. The Labute approximate surface area is 101 Å². The molecule has 3 fully saturated rings. The maximum absolute atomic E-state index is 12.0. The summed E-state index contributed by atoms with van der Waals surface area (Å²) in [5.74, 6) is -0.635. The van der Waals surface area contributed by atoms with Crippen molar-refractivity contribution in [2.24, 2.45) is 11.3 Å². The molecule has 0 aromatic heterocycles. The summed E-state index contributed by atoms with van der Waals surface area (Å²) in [5, 5.41) is 9.10. The van der Waals surface area contributed by atoms with E-state index in [1.165, 1.54) is 0 Å². The summed E-state index contributed by atoms with van der Waals surface area (Å²) in [6.07, 6.45) is 3.38. The van der Waals surface area contributed by atoms with E-state index in [4.69, 9.17) is 0 Å². The zero-order chi connectivity index (χ0) is 12.5. The minimum atomic E-state index is -3.45. The predicted octanol–water partition coefficient (Wildman–Crippen LogP) is 0.712. The van der Waals surface area contributed by atoms with Gasteiger partial charge >= 0.3 is 5.97 Å². The summed E-state index contributed by atoms with van der Waals surface area (Å²) in [5.41, 5.74) is -1.63. The Hall–Kier alpha value is -0.620. The van der Waals surface area contributed by atoms with Gasteiger partial charge in [-0.25, -0.2) is 8.42 Å². The van der Waals surface area contributed by atoms with Crippen molar-refractivity contribution in [3.05, 3.63) is 0 Å². The molecule has 3 aliphatic carbocycles. The van der Waals surface area contributed by atoms with Gasteiger partial charge < -0.3 is 5.11 Å². The number of sulfonamides is 1. The van der Waals surface area contributed by atoms with Crippen LogP contribution in [-0.4, -0.2) is 30.3 Å². The molecule has 5 nitrogen and oxygen atoms in total. The van der Waals surface area contributed by atoms with Crippen molar-refractivity contribution in [1.29, 1.82) is 0 Å². The molecular weight excluding hydrogens is 242 g/mol. The van der Waals surface area contributed by atoms with Crippen LogP contribution < -0.4 is 4.72 Å². The van der Waals surface area contributed by atoms with Gasteiger partial charge in [0.15, 0.2) is 0 Å². The van der Waals surface area contributed by atoms with Gasteiger partial charge in [-0.05, 0) is 38.0 Å². The lowest BCUT2D eigenvalue weighted by molar-refractivity contribution is -0.146. The molecule has 6 heteroatoms. The van der Waals surface area contributed by atoms with E-state index in [1.807, 2.05) is 6.92 Å². The van der Waals surface area contributed by atoms with E-state index in [1.54, 1.807) is 0 Å². The van der Waals surface area contributed by atoms with Crippen LogP contribution in [0.1, 0.15) is 39.0 Å². The summed E-state index contributed by atoms with van der Waals surface area (Å²) in [4.78, 5) is 11.6. The molecule has 0 aromatic carbocycles. The molecule has 3 rings (SSSR count). The summed E-state index contributed by atoms with van der Waals surface area (Å²) in [6, 6.07) is 0. The third-order valence-electron chi connectivity index (χ3n) is 4.90. The molecular formula is C11H17NO4S. The highest BCUT2D eigenvalue weighted by molar-refractivity contribution is 7.90. The maximum atomic E-state index is 12.0. The summed E-state index contributed by atoms with van der Waals surface area (Å²) in [6.45, 7) is 1.90. The van der Waals surface area contributed by atoms with Crippen LogP contribution in [0.25, 0.3) is 0 Å². The molecule has 0 radical (unpaired) electrons. The minimum Gasteiger partial charge on any atom is -0.480 e. The average molecular weight is 259 g/mol. The summed E-state index contributed by atoms with van der Waals surface area (Å²) >= 11 is 0. The molecule has 3 aliphatic rings. The number of rotatable bonds is 4. The van der Waals surface area contributed by atoms with E-state index in [9.17, 15) is 18.3 Å². The lowest BCUT2D eigenvalue weighted by Crippen LogP contribution is -2.59. The molecule has 3 unspecified atom stereocenters. The second kappa shape index (κ2) is 3.03. The highest BCUT2D eigenvalue weighted by Gasteiger charge is 2.72. The van der Waals surface area contributed by atoms with Crippen molar-refractivity contribution in [2.45, 2.75) is 49.8 Å². The Morgan fingerprint density at radius 3 is 2.35 bits per heavy atom. The van der Waals surface area contributed by atoms with Gasteiger partial charge in [-0.15, -0.1) is 0 Å². The number of hydrogen-bond acceptors (Lipinski definition) is 3. The van der Waals surface area contributed by atoms with Gasteiger partial charge in [0.05, 0.1) is 5.25 Å². The van der Waals surface area contributed by atoms with Gasteiger partial charge in [0.25, 0.3) is 0 Å². The second-order valence-corrected chi connectivity index (χ2v) is 7.87. The lowest BCUT2D eigenvalue weighted by atomic mass is 9.84. The first-order chi connectivity index (χ1) is 7.82. The molecule has 0 spiro atoms.